The van der Waals surface area contributed by atoms with Crippen LogP contribution in [-0.4, -0.2) is 31.4 Å². The fourth-order valence-corrected chi connectivity index (χ4v) is 4.08. The van der Waals surface area contributed by atoms with Crippen LogP contribution in [0.4, 0.5) is 5.69 Å². The van der Waals surface area contributed by atoms with E-state index < -0.39 is 5.25 Å². The van der Waals surface area contributed by atoms with Crippen LogP contribution in [0.25, 0.3) is 16.8 Å². The molecule has 1 unspecified atom stereocenters. The van der Waals surface area contributed by atoms with Gasteiger partial charge in [0.1, 0.15) is 0 Å². The van der Waals surface area contributed by atoms with Gasteiger partial charge < -0.3 is 5.32 Å². The van der Waals surface area contributed by atoms with Crippen molar-refractivity contribution in [2.75, 3.05) is 5.32 Å². The Morgan fingerprint density at radius 3 is 2.52 bits per heavy atom. The Morgan fingerprint density at radius 2 is 1.71 bits per heavy atom. The molecule has 156 valence electrons. The van der Waals surface area contributed by atoms with Crippen LogP contribution in [0.5, 0.6) is 0 Å². The Hall–Kier alpha value is -3.45. The summed E-state index contributed by atoms with van der Waals surface area (Å²) in [5.74, 6) is -0.108. The predicted octanol–water partition coefficient (Wildman–Crippen LogP) is 5.07. The van der Waals surface area contributed by atoms with Crippen molar-refractivity contribution >= 4 is 23.4 Å². The smallest absolute Gasteiger partial charge is 0.237 e. The highest BCUT2D eigenvalue weighted by atomic mass is 32.2. The number of nitrogens with zero attached hydrogens (tertiary/aromatic N) is 4. The van der Waals surface area contributed by atoms with Crippen LogP contribution in [-0.2, 0) is 4.79 Å². The molecule has 0 aliphatic carbocycles. The maximum Gasteiger partial charge on any atom is 0.237 e. The second kappa shape index (κ2) is 9.14. The molecule has 31 heavy (non-hydrogen) atoms. The fraction of sp³-hybridized carbons (Fsp3) is 0.167. The van der Waals surface area contributed by atoms with Crippen LogP contribution < -0.4 is 5.32 Å². The highest BCUT2D eigenvalue weighted by Crippen LogP contribution is 2.30. The van der Waals surface area contributed by atoms with Crippen molar-refractivity contribution in [3.8, 4) is 16.8 Å². The quantitative estimate of drug-likeness (QED) is 0.434. The van der Waals surface area contributed by atoms with E-state index in [0.717, 1.165) is 33.6 Å². The summed E-state index contributed by atoms with van der Waals surface area (Å²) in [6.45, 7) is 5.95. The minimum absolute atomic E-state index is 0.108. The third kappa shape index (κ3) is 4.51. The van der Waals surface area contributed by atoms with Crippen LogP contribution in [0, 0.1) is 13.8 Å². The Bertz CT molecular complexity index is 1210. The van der Waals surface area contributed by atoms with Gasteiger partial charge in [0.25, 0.3) is 0 Å². The van der Waals surface area contributed by atoms with E-state index in [1.165, 1.54) is 11.8 Å². The number of para-hydroxylation sites is 1. The van der Waals surface area contributed by atoms with Crippen LogP contribution in [0.15, 0.2) is 78.0 Å². The number of thioether (sulfide) groups is 1. The van der Waals surface area contributed by atoms with Gasteiger partial charge in [-0.2, -0.15) is 4.68 Å². The van der Waals surface area contributed by atoms with Crippen molar-refractivity contribution in [2.24, 2.45) is 0 Å². The second-order valence-electron chi connectivity index (χ2n) is 7.25. The molecular formula is C24H23N5OS. The number of aryl methyl sites for hydroxylation is 1. The molecule has 1 atom stereocenters. The number of tetrazole rings is 1. The van der Waals surface area contributed by atoms with Crippen molar-refractivity contribution < 1.29 is 4.79 Å². The number of amides is 1. The van der Waals surface area contributed by atoms with E-state index in [1.54, 1.807) is 4.68 Å². The summed E-state index contributed by atoms with van der Waals surface area (Å²) in [7, 11) is 0. The van der Waals surface area contributed by atoms with Gasteiger partial charge in [-0.25, -0.2) is 0 Å². The summed E-state index contributed by atoms with van der Waals surface area (Å²) in [4.78, 5) is 13.0. The molecule has 0 radical (unpaired) electrons. The van der Waals surface area contributed by atoms with Crippen LogP contribution >= 0.6 is 11.8 Å². The number of hydrogen-bond acceptors (Lipinski definition) is 5. The Labute approximate surface area is 185 Å². The van der Waals surface area contributed by atoms with E-state index in [0.29, 0.717) is 5.16 Å². The first kappa shape index (κ1) is 20.8. The van der Waals surface area contributed by atoms with E-state index in [-0.39, 0.29) is 5.91 Å². The molecule has 0 fully saturated rings. The largest absolute Gasteiger partial charge is 0.325 e. The van der Waals surface area contributed by atoms with Gasteiger partial charge in [-0.1, -0.05) is 72.4 Å². The zero-order valence-corrected chi connectivity index (χ0v) is 18.4. The lowest BCUT2D eigenvalue weighted by Crippen LogP contribution is -2.23. The van der Waals surface area contributed by atoms with E-state index in [2.05, 4.69) is 33.8 Å². The molecule has 0 aliphatic heterocycles. The average Bonchev–Trinajstić information content (AvgIpc) is 3.24. The molecule has 0 bridgehead atoms. The average molecular weight is 430 g/mol. The van der Waals surface area contributed by atoms with Gasteiger partial charge in [-0.15, -0.1) is 5.10 Å². The third-order valence-corrected chi connectivity index (χ3v) is 6.20. The first-order valence-corrected chi connectivity index (χ1v) is 10.9. The number of nitrogens with one attached hydrogen (secondary N) is 1. The Balaban J connectivity index is 1.53. The van der Waals surface area contributed by atoms with Gasteiger partial charge >= 0.3 is 0 Å². The van der Waals surface area contributed by atoms with E-state index >= 15 is 0 Å². The molecule has 1 heterocycles. The van der Waals surface area contributed by atoms with Gasteiger partial charge in [0.15, 0.2) is 0 Å². The first-order valence-electron chi connectivity index (χ1n) is 10.0. The van der Waals surface area contributed by atoms with Gasteiger partial charge in [-0.05, 0) is 60.0 Å². The lowest BCUT2D eigenvalue weighted by atomic mass is 10.0. The standard InChI is InChI=1S/C24H23N5OS/c1-16-10-9-15-22(17(16)2)29-24(26-27-28-29)31-18(3)23(30)25-21-14-8-7-13-20(21)19-11-5-4-6-12-19/h4-15,18H,1-3H3,(H,25,30). The highest BCUT2D eigenvalue weighted by Gasteiger charge is 2.21. The SMILES string of the molecule is Cc1cccc(-n2nnnc2SC(C)C(=O)Nc2ccccc2-c2ccccc2)c1C. The molecule has 1 N–H and O–H groups in total. The van der Waals surface area contributed by atoms with Gasteiger partial charge in [0.05, 0.1) is 10.9 Å². The Kier molecular flexibility index (Phi) is 6.13. The van der Waals surface area contributed by atoms with E-state index in [9.17, 15) is 4.79 Å². The van der Waals surface area contributed by atoms with Crippen LogP contribution in [0.3, 0.4) is 0 Å². The summed E-state index contributed by atoms with van der Waals surface area (Å²) in [6, 6.07) is 23.8. The first-order chi connectivity index (χ1) is 15.0. The molecule has 1 amide bonds. The maximum absolute atomic E-state index is 13.0. The molecule has 0 aliphatic rings. The molecule has 3 aromatic carbocycles. The number of carbonyl (C=O) groups is 1. The van der Waals surface area contributed by atoms with Crippen LogP contribution in [0.2, 0.25) is 0 Å². The normalized spacial score (nSPS) is 11.8. The molecule has 0 spiro atoms. The van der Waals surface area contributed by atoms with Gasteiger partial charge in [0.2, 0.25) is 11.1 Å². The number of rotatable bonds is 6. The molecule has 1 aromatic heterocycles. The molecule has 4 aromatic rings. The molecular weight excluding hydrogens is 406 g/mol. The molecule has 6 nitrogen and oxygen atoms in total. The minimum Gasteiger partial charge on any atom is -0.325 e. The van der Waals surface area contributed by atoms with E-state index in [4.69, 9.17) is 0 Å². The highest BCUT2D eigenvalue weighted by molar-refractivity contribution is 8.00. The summed E-state index contributed by atoms with van der Waals surface area (Å²) < 4.78 is 1.69. The number of carbonyl (C=O) groups excluding carboxylic acids is 1. The number of anilines is 1. The summed E-state index contributed by atoms with van der Waals surface area (Å²) in [5.41, 5.74) is 5.99. The maximum atomic E-state index is 13.0. The zero-order valence-electron chi connectivity index (χ0n) is 17.6. The minimum atomic E-state index is -0.390. The third-order valence-electron chi connectivity index (χ3n) is 5.17. The molecule has 4 rings (SSSR count). The van der Waals surface area contributed by atoms with Crippen molar-refractivity contribution in [2.45, 2.75) is 31.2 Å². The van der Waals surface area contributed by atoms with Crippen LogP contribution in [0.1, 0.15) is 18.1 Å². The second-order valence-corrected chi connectivity index (χ2v) is 8.56. The predicted molar refractivity (Wildman–Crippen MR) is 124 cm³/mol. The Morgan fingerprint density at radius 1 is 0.968 bits per heavy atom. The van der Waals surface area contributed by atoms with Crippen molar-refractivity contribution in [1.29, 1.82) is 0 Å². The molecule has 7 heteroatoms. The topological polar surface area (TPSA) is 72.7 Å². The van der Waals surface area contributed by atoms with Crippen molar-refractivity contribution in [3.05, 3.63) is 83.9 Å². The summed E-state index contributed by atoms with van der Waals surface area (Å²) in [6.07, 6.45) is 0. The number of hydrogen-bond donors (Lipinski definition) is 1. The number of aromatic nitrogens is 4. The monoisotopic (exact) mass is 429 g/mol. The van der Waals surface area contributed by atoms with Crippen molar-refractivity contribution in [3.63, 3.8) is 0 Å². The van der Waals surface area contributed by atoms with Gasteiger partial charge in [-0.3, -0.25) is 4.79 Å². The lowest BCUT2D eigenvalue weighted by molar-refractivity contribution is -0.115. The molecule has 0 saturated carbocycles. The number of benzene rings is 3. The van der Waals surface area contributed by atoms with Crippen molar-refractivity contribution in [1.82, 2.24) is 20.2 Å². The van der Waals surface area contributed by atoms with E-state index in [1.807, 2.05) is 80.6 Å². The molecule has 0 saturated heterocycles. The lowest BCUT2D eigenvalue weighted by Gasteiger charge is -2.15. The summed E-state index contributed by atoms with van der Waals surface area (Å²) >= 11 is 1.33. The summed E-state index contributed by atoms with van der Waals surface area (Å²) in [5, 5.41) is 15.4. The zero-order chi connectivity index (χ0) is 21.8. The van der Waals surface area contributed by atoms with Gasteiger partial charge in [0, 0.05) is 11.3 Å². The fourth-order valence-electron chi connectivity index (χ4n) is 3.28.